The van der Waals surface area contributed by atoms with Gasteiger partial charge in [0.2, 0.25) is 5.91 Å². The summed E-state index contributed by atoms with van der Waals surface area (Å²) in [5.74, 6) is -0.414. The van der Waals surface area contributed by atoms with E-state index in [0.717, 1.165) is 15.4 Å². The molecule has 0 aliphatic heterocycles. The Kier molecular flexibility index (Phi) is 5.51. The topological polar surface area (TPSA) is 66.5 Å². The molecule has 0 aromatic heterocycles. The SMILES string of the molecule is CNC(=O)CN(c1ccc(C)c(Cl)c1)S(=O)(=O)c1ccc(C)cc1. The minimum atomic E-state index is -3.89. The molecule has 0 saturated heterocycles. The van der Waals surface area contributed by atoms with Gasteiger partial charge >= 0.3 is 0 Å². The van der Waals surface area contributed by atoms with Crippen LogP contribution in [0.5, 0.6) is 0 Å². The van der Waals surface area contributed by atoms with E-state index >= 15 is 0 Å². The third-order valence-corrected chi connectivity index (χ3v) is 5.81. The average Bonchev–Trinajstić information content (AvgIpc) is 2.55. The van der Waals surface area contributed by atoms with Gasteiger partial charge in [0.05, 0.1) is 10.6 Å². The van der Waals surface area contributed by atoms with Gasteiger partial charge in [0.25, 0.3) is 10.0 Å². The number of sulfonamides is 1. The minimum absolute atomic E-state index is 0.119. The zero-order valence-corrected chi connectivity index (χ0v) is 15.3. The van der Waals surface area contributed by atoms with Crippen LogP contribution >= 0.6 is 11.6 Å². The van der Waals surface area contributed by atoms with E-state index in [9.17, 15) is 13.2 Å². The van der Waals surface area contributed by atoms with Crippen LogP contribution in [0.15, 0.2) is 47.4 Å². The molecule has 0 aliphatic rings. The summed E-state index contributed by atoms with van der Waals surface area (Å²) in [4.78, 5) is 11.9. The van der Waals surface area contributed by atoms with Crippen LogP contribution in [-0.4, -0.2) is 27.9 Å². The van der Waals surface area contributed by atoms with Gasteiger partial charge in [0.15, 0.2) is 0 Å². The molecule has 2 aromatic carbocycles. The van der Waals surface area contributed by atoms with Crippen molar-refractivity contribution in [3.8, 4) is 0 Å². The molecule has 0 heterocycles. The summed E-state index contributed by atoms with van der Waals surface area (Å²) in [7, 11) is -2.43. The van der Waals surface area contributed by atoms with Gasteiger partial charge in [-0.1, -0.05) is 35.4 Å². The first-order chi connectivity index (χ1) is 11.3. The molecule has 0 aliphatic carbocycles. The molecular formula is C17H19ClN2O3S. The number of nitrogens with zero attached hydrogens (tertiary/aromatic N) is 1. The predicted molar refractivity (Wildman–Crippen MR) is 96.0 cm³/mol. The van der Waals surface area contributed by atoms with Crippen molar-refractivity contribution in [1.82, 2.24) is 5.32 Å². The number of benzene rings is 2. The molecule has 128 valence electrons. The van der Waals surface area contributed by atoms with Crippen molar-refractivity contribution in [1.29, 1.82) is 0 Å². The molecular weight excluding hydrogens is 348 g/mol. The first-order valence-electron chi connectivity index (χ1n) is 7.32. The van der Waals surface area contributed by atoms with Gasteiger partial charge in [-0.15, -0.1) is 0 Å². The van der Waals surface area contributed by atoms with E-state index in [1.54, 1.807) is 30.3 Å². The van der Waals surface area contributed by atoms with E-state index in [4.69, 9.17) is 11.6 Å². The maximum absolute atomic E-state index is 13.0. The minimum Gasteiger partial charge on any atom is -0.358 e. The second kappa shape index (κ2) is 7.23. The number of carbonyl (C=O) groups is 1. The molecule has 2 aromatic rings. The molecule has 0 spiro atoms. The van der Waals surface area contributed by atoms with Crippen molar-refractivity contribution >= 4 is 33.2 Å². The smallest absolute Gasteiger partial charge is 0.264 e. The van der Waals surface area contributed by atoms with Crippen molar-refractivity contribution in [2.45, 2.75) is 18.7 Å². The van der Waals surface area contributed by atoms with Crippen LogP contribution in [0.3, 0.4) is 0 Å². The largest absolute Gasteiger partial charge is 0.358 e. The molecule has 0 bridgehead atoms. The molecule has 0 radical (unpaired) electrons. The Morgan fingerprint density at radius 1 is 1.12 bits per heavy atom. The number of carbonyl (C=O) groups excluding carboxylic acids is 1. The molecule has 1 amide bonds. The van der Waals surface area contributed by atoms with Crippen LogP contribution in [0.1, 0.15) is 11.1 Å². The van der Waals surface area contributed by atoms with Crippen LogP contribution in [0, 0.1) is 13.8 Å². The Hall–Kier alpha value is -2.05. The summed E-state index contributed by atoms with van der Waals surface area (Å²) >= 11 is 6.12. The number of nitrogens with one attached hydrogen (secondary N) is 1. The lowest BCUT2D eigenvalue weighted by Gasteiger charge is -2.24. The Bertz CT molecular complexity index is 849. The van der Waals surface area contributed by atoms with E-state index in [2.05, 4.69) is 5.32 Å². The van der Waals surface area contributed by atoms with Crippen molar-refractivity contribution in [2.24, 2.45) is 0 Å². The number of hydrogen-bond donors (Lipinski definition) is 1. The van der Waals surface area contributed by atoms with Crippen molar-refractivity contribution < 1.29 is 13.2 Å². The van der Waals surface area contributed by atoms with Gasteiger partial charge in [-0.2, -0.15) is 0 Å². The Morgan fingerprint density at radius 3 is 2.29 bits per heavy atom. The first-order valence-corrected chi connectivity index (χ1v) is 9.13. The Morgan fingerprint density at radius 2 is 1.75 bits per heavy atom. The lowest BCUT2D eigenvalue weighted by atomic mass is 10.2. The van der Waals surface area contributed by atoms with Gasteiger partial charge in [-0.25, -0.2) is 8.42 Å². The van der Waals surface area contributed by atoms with Crippen LogP contribution in [0.4, 0.5) is 5.69 Å². The molecule has 2 rings (SSSR count). The highest BCUT2D eigenvalue weighted by Gasteiger charge is 2.27. The third-order valence-electron chi connectivity index (χ3n) is 3.62. The number of anilines is 1. The Balaban J connectivity index is 2.54. The summed E-state index contributed by atoms with van der Waals surface area (Å²) in [6.45, 7) is 3.37. The van der Waals surface area contributed by atoms with Crippen LogP contribution in [0.25, 0.3) is 0 Å². The van der Waals surface area contributed by atoms with Gasteiger partial charge in [-0.05, 0) is 43.7 Å². The maximum atomic E-state index is 13.0. The third kappa shape index (κ3) is 3.88. The fraction of sp³-hybridized carbons (Fsp3) is 0.235. The number of likely N-dealkylation sites (N-methyl/N-ethyl adjacent to an activating group) is 1. The monoisotopic (exact) mass is 366 g/mol. The number of amides is 1. The normalized spacial score (nSPS) is 11.2. The van der Waals surface area contributed by atoms with Gasteiger partial charge in [-0.3, -0.25) is 9.10 Å². The molecule has 5 nitrogen and oxygen atoms in total. The van der Waals surface area contributed by atoms with Gasteiger partial charge in [0, 0.05) is 12.1 Å². The number of aryl methyl sites for hydroxylation is 2. The van der Waals surface area contributed by atoms with Crippen molar-refractivity contribution in [2.75, 3.05) is 17.9 Å². The van der Waals surface area contributed by atoms with Crippen LogP contribution in [0.2, 0.25) is 5.02 Å². The van der Waals surface area contributed by atoms with E-state index < -0.39 is 15.9 Å². The highest BCUT2D eigenvalue weighted by atomic mass is 35.5. The van der Waals surface area contributed by atoms with E-state index in [1.165, 1.54) is 19.2 Å². The Labute approximate surface area is 147 Å². The summed E-state index contributed by atoms with van der Waals surface area (Å²) in [5, 5.41) is 2.88. The van der Waals surface area contributed by atoms with Gasteiger partial charge in [0.1, 0.15) is 6.54 Å². The first kappa shape index (κ1) is 18.3. The number of hydrogen-bond acceptors (Lipinski definition) is 3. The molecule has 0 atom stereocenters. The fourth-order valence-electron chi connectivity index (χ4n) is 2.10. The van der Waals surface area contributed by atoms with Crippen LogP contribution in [-0.2, 0) is 14.8 Å². The lowest BCUT2D eigenvalue weighted by molar-refractivity contribution is -0.119. The summed E-state index contributed by atoms with van der Waals surface area (Å²) in [6, 6.07) is 11.4. The standard InChI is InChI=1S/C17H19ClN2O3S/c1-12-4-8-15(9-5-12)24(22,23)20(11-17(21)19-3)14-7-6-13(2)16(18)10-14/h4-10H,11H2,1-3H3,(H,19,21). The second-order valence-corrected chi connectivity index (χ2v) is 7.70. The van der Waals surface area contributed by atoms with Crippen molar-refractivity contribution in [3.63, 3.8) is 0 Å². The quantitative estimate of drug-likeness (QED) is 0.884. The lowest BCUT2D eigenvalue weighted by Crippen LogP contribution is -2.39. The predicted octanol–water partition coefficient (Wildman–Crippen LogP) is 2.90. The van der Waals surface area contributed by atoms with E-state index in [0.29, 0.717) is 10.7 Å². The average molecular weight is 367 g/mol. The second-order valence-electron chi connectivity index (χ2n) is 5.43. The van der Waals surface area contributed by atoms with E-state index in [-0.39, 0.29) is 11.4 Å². The highest BCUT2D eigenvalue weighted by molar-refractivity contribution is 7.92. The summed E-state index contributed by atoms with van der Waals surface area (Å²) in [6.07, 6.45) is 0. The van der Waals surface area contributed by atoms with Crippen molar-refractivity contribution in [3.05, 3.63) is 58.6 Å². The number of halogens is 1. The number of rotatable bonds is 5. The molecule has 0 saturated carbocycles. The van der Waals surface area contributed by atoms with E-state index in [1.807, 2.05) is 13.8 Å². The molecule has 0 fully saturated rings. The fourth-order valence-corrected chi connectivity index (χ4v) is 3.69. The van der Waals surface area contributed by atoms with Gasteiger partial charge < -0.3 is 5.32 Å². The zero-order chi connectivity index (χ0) is 17.9. The zero-order valence-electron chi connectivity index (χ0n) is 13.7. The molecule has 24 heavy (non-hydrogen) atoms. The summed E-state index contributed by atoms with van der Waals surface area (Å²) < 4.78 is 27.0. The molecule has 7 heteroatoms. The highest BCUT2D eigenvalue weighted by Crippen LogP contribution is 2.28. The maximum Gasteiger partial charge on any atom is 0.264 e. The molecule has 0 unspecified atom stereocenters. The molecule has 1 N–H and O–H groups in total. The summed E-state index contributed by atoms with van der Waals surface area (Å²) in [5.41, 5.74) is 2.12. The van der Waals surface area contributed by atoms with Crippen LogP contribution < -0.4 is 9.62 Å².